The summed E-state index contributed by atoms with van der Waals surface area (Å²) < 4.78 is 32.6. The Bertz CT molecular complexity index is 576. The number of rotatable bonds is 8. The van der Waals surface area contributed by atoms with Gasteiger partial charge in [-0.2, -0.15) is 0 Å². The van der Waals surface area contributed by atoms with Gasteiger partial charge in [0.2, 0.25) is 10.0 Å². The number of methoxy groups -OCH3 is 1. The molecule has 120 valence electrons. The van der Waals surface area contributed by atoms with E-state index < -0.39 is 10.0 Å². The number of hydrogen-bond acceptors (Lipinski definition) is 4. The Hall–Kier alpha value is -0.660. The van der Waals surface area contributed by atoms with Crippen molar-refractivity contribution in [3.8, 4) is 0 Å². The molecule has 0 radical (unpaired) electrons. The largest absolute Gasteiger partial charge is 0.385 e. The molecule has 0 bridgehead atoms. The lowest BCUT2D eigenvalue weighted by atomic mass is 10.1. The quantitative estimate of drug-likeness (QED) is 0.763. The highest BCUT2D eigenvalue weighted by Crippen LogP contribution is 2.24. The minimum atomic E-state index is -3.60. The molecule has 0 heterocycles. The van der Waals surface area contributed by atoms with E-state index >= 15 is 0 Å². The summed E-state index contributed by atoms with van der Waals surface area (Å²) in [6.45, 7) is 4.67. The summed E-state index contributed by atoms with van der Waals surface area (Å²) in [5, 5.41) is 3.42. The van der Waals surface area contributed by atoms with E-state index in [2.05, 4.69) is 10.0 Å². The molecule has 1 rings (SSSR count). The molecule has 1 aromatic rings. The Morgan fingerprint density at radius 3 is 2.62 bits per heavy atom. The Kier molecular flexibility index (Phi) is 7.09. The standard InChI is InChI=1S/C14H23ClN2O3S/c1-10(5-6-20-4)17-21(18,19)14-8-13(15)7-12(9-16-3)11(14)2/h7-8,10,16-17H,5-6,9H2,1-4H3. The number of sulfonamides is 1. The van der Waals surface area contributed by atoms with Crippen molar-refractivity contribution >= 4 is 21.6 Å². The molecule has 1 unspecified atom stereocenters. The van der Waals surface area contributed by atoms with Crippen LogP contribution >= 0.6 is 11.6 Å². The molecule has 0 spiro atoms. The fourth-order valence-electron chi connectivity index (χ4n) is 2.04. The van der Waals surface area contributed by atoms with Gasteiger partial charge in [-0.15, -0.1) is 0 Å². The van der Waals surface area contributed by atoms with E-state index in [0.29, 0.717) is 30.2 Å². The number of hydrogen-bond donors (Lipinski definition) is 2. The summed E-state index contributed by atoms with van der Waals surface area (Å²) in [5.74, 6) is 0. The van der Waals surface area contributed by atoms with Crippen LogP contribution in [0.3, 0.4) is 0 Å². The monoisotopic (exact) mass is 334 g/mol. The maximum Gasteiger partial charge on any atom is 0.241 e. The van der Waals surface area contributed by atoms with Crippen LogP contribution in [0.2, 0.25) is 5.02 Å². The second-order valence-electron chi connectivity index (χ2n) is 5.02. The van der Waals surface area contributed by atoms with Crippen molar-refractivity contribution in [2.45, 2.75) is 37.8 Å². The number of halogens is 1. The van der Waals surface area contributed by atoms with Crippen LogP contribution in [0.1, 0.15) is 24.5 Å². The summed E-state index contributed by atoms with van der Waals surface area (Å²) in [6, 6.07) is 3.06. The second-order valence-corrected chi connectivity index (χ2v) is 7.14. The maximum absolute atomic E-state index is 12.5. The van der Waals surface area contributed by atoms with E-state index in [4.69, 9.17) is 16.3 Å². The zero-order valence-electron chi connectivity index (χ0n) is 12.9. The van der Waals surface area contributed by atoms with Gasteiger partial charge in [-0.1, -0.05) is 11.6 Å². The molecule has 0 aliphatic rings. The number of benzene rings is 1. The number of nitrogens with one attached hydrogen (secondary N) is 2. The summed E-state index contributed by atoms with van der Waals surface area (Å²) in [6.07, 6.45) is 0.610. The molecular formula is C14H23ClN2O3S. The third-order valence-corrected chi connectivity index (χ3v) is 5.13. The molecular weight excluding hydrogens is 312 g/mol. The first-order valence-electron chi connectivity index (χ1n) is 6.76. The van der Waals surface area contributed by atoms with Gasteiger partial charge in [0.05, 0.1) is 4.90 Å². The average molecular weight is 335 g/mol. The zero-order valence-corrected chi connectivity index (χ0v) is 14.4. The SMILES string of the molecule is CNCc1cc(Cl)cc(S(=O)(=O)NC(C)CCOC)c1C. The van der Waals surface area contributed by atoms with Crippen LogP contribution in [0, 0.1) is 6.92 Å². The molecule has 0 fully saturated rings. The predicted molar refractivity (Wildman–Crippen MR) is 85.2 cm³/mol. The van der Waals surface area contributed by atoms with Crippen molar-refractivity contribution in [2.75, 3.05) is 20.8 Å². The first-order chi connectivity index (χ1) is 9.81. The van der Waals surface area contributed by atoms with Gasteiger partial charge in [0, 0.05) is 31.3 Å². The molecule has 5 nitrogen and oxygen atoms in total. The molecule has 0 aliphatic carbocycles. The highest BCUT2D eigenvalue weighted by Gasteiger charge is 2.21. The van der Waals surface area contributed by atoms with Crippen molar-refractivity contribution in [3.05, 3.63) is 28.3 Å². The minimum Gasteiger partial charge on any atom is -0.385 e. The third kappa shape index (κ3) is 5.23. The Morgan fingerprint density at radius 2 is 2.05 bits per heavy atom. The lowest BCUT2D eigenvalue weighted by molar-refractivity contribution is 0.188. The van der Waals surface area contributed by atoms with Gasteiger partial charge in [0.1, 0.15) is 0 Å². The Balaban J connectivity index is 3.07. The average Bonchev–Trinajstić information content (AvgIpc) is 2.39. The van der Waals surface area contributed by atoms with E-state index in [1.54, 1.807) is 27.1 Å². The zero-order chi connectivity index (χ0) is 16.0. The molecule has 1 aromatic carbocycles. The first-order valence-corrected chi connectivity index (χ1v) is 8.62. The summed E-state index contributed by atoms with van der Waals surface area (Å²) in [5.41, 5.74) is 1.58. The Labute approximate surface area is 132 Å². The van der Waals surface area contributed by atoms with Crippen LogP contribution in [-0.2, 0) is 21.3 Å². The fourth-order valence-corrected chi connectivity index (χ4v) is 3.94. The molecule has 0 aliphatic heterocycles. The van der Waals surface area contributed by atoms with Crippen LogP contribution in [-0.4, -0.2) is 35.2 Å². The van der Waals surface area contributed by atoms with Crippen molar-refractivity contribution in [1.82, 2.24) is 10.0 Å². The lowest BCUT2D eigenvalue weighted by Crippen LogP contribution is -2.34. The summed E-state index contributed by atoms with van der Waals surface area (Å²) in [4.78, 5) is 0.226. The predicted octanol–water partition coefficient (Wildman–Crippen LogP) is 2.07. The fraction of sp³-hybridized carbons (Fsp3) is 0.571. The topological polar surface area (TPSA) is 67.4 Å². The van der Waals surface area contributed by atoms with Crippen molar-refractivity contribution < 1.29 is 13.2 Å². The molecule has 21 heavy (non-hydrogen) atoms. The van der Waals surface area contributed by atoms with E-state index in [0.717, 1.165) is 5.56 Å². The van der Waals surface area contributed by atoms with Crippen LogP contribution < -0.4 is 10.0 Å². The van der Waals surface area contributed by atoms with E-state index in [-0.39, 0.29) is 10.9 Å². The van der Waals surface area contributed by atoms with Gasteiger partial charge in [0.15, 0.2) is 0 Å². The van der Waals surface area contributed by atoms with Crippen LogP contribution in [0.4, 0.5) is 0 Å². The molecule has 0 aromatic heterocycles. The van der Waals surface area contributed by atoms with Crippen molar-refractivity contribution in [3.63, 3.8) is 0 Å². The van der Waals surface area contributed by atoms with E-state index in [1.807, 2.05) is 6.92 Å². The van der Waals surface area contributed by atoms with Crippen LogP contribution in [0.5, 0.6) is 0 Å². The first kappa shape index (κ1) is 18.4. The maximum atomic E-state index is 12.5. The molecule has 0 amide bonds. The van der Waals surface area contributed by atoms with E-state index in [9.17, 15) is 8.42 Å². The molecule has 7 heteroatoms. The van der Waals surface area contributed by atoms with Gasteiger partial charge >= 0.3 is 0 Å². The molecule has 2 N–H and O–H groups in total. The van der Waals surface area contributed by atoms with Crippen molar-refractivity contribution in [1.29, 1.82) is 0 Å². The van der Waals surface area contributed by atoms with Crippen molar-refractivity contribution in [2.24, 2.45) is 0 Å². The third-order valence-electron chi connectivity index (χ3n) is 3.20. The van der Waals surface area contributed by atoms with E-state index in [1.165, 1.54) is 6.07 Å². The highest BCUT2D eigenvalue weighted by molar-refractivity contribution is 7.89. The minimum absolute atomic E-state index is 0.207. The highest BCUT2D eigenvalue weighted by atomic mass is 35.5. The van der Waals surface area contributed by atoms with Gasteiger partial charge in [0.25, 0.3) is 0 Å². The lowest BCUT2D eigenvalue weighted by Gasteiger charge is -2.17. The normalized spacial score (nSPS) is 13.4. The summed E-state index contributed by atoms with van der Waals surface area (Å²) >= 11 is 6.04. The van der Waals surface area contributed by atoms with Gasteiger partial charge in [-0.3, -0.25) is 0 Å². The van der Waals surface area contributed by atoms with Gasteiger partial charge < -0.3 is 10.1 Å². The molecule has 0 saturated heterocycles. The van der Waals surface area contributed by atoms with Gasteiger partial charge in [-0.25, -0.2) is 13.1 Å². The Morgan fingerprint density at radius 1 is 1.38 bits per heavy atom. The smallest absolute Gasteiger partial charge is 0.241 e. The summed E-state index contributed by atoms with van der Waals surface area (Å²) in [7, 11) is -0.207. The van der Waals surface area contributed by atoms with Crippen LogP contribution in [0.15, 0.2) is 17.0 Å². The number of ether oxygens (including phenoxy) is 1. The molecule has 0 saturated carbocycles. The second kappa shape index (κ2) is 8.10. The van der Waals surface area contributed by atoms with Gasteiger partial charge in [-0.05, 0) is 50.6 Å². The van der Waals surface area contributed by atoms with Crippen LogP contribution in [0.25, 0.3) is 0 Å². The molecule has 1 atom stereocenters.